The van der Waals surface area contributed by atoms with E-state index in [-0.39, 0.29) is 11.9 Å². The Bertz CT molecular complexity index is 460. The van der Waals surface area contributed by atoms with Crippen molar-refractivity contribution in [3.63, 3.8) is 0 Å². The molecule has 4 nitrogen and oxygen atoms in total. The second-order valence-corrected chi connectivity index (χ2v) is 4.48. The van der Waals surface area contributed by atoms with Crippen molar-refractivity contribution in [3.05, 3.63) is 34.3 Å². The summed E-state index contributed by atoms with van der Waals surface area (Å²) in [6.07, 6.45) is 0.851. The quantitative estimate of drug-likeness (QED) is 0.645. The van der Waals surface area contributed by atoms with Gasteiger partial charge in [-0.15, -0.1) is 0 Å². The van der Waals surface area contributed by atoms with Crippen molar-refractivity contribution in [2.24, 2.45) is 0 Å². The first-order chi connectivity index (χ1) is 9.06. The van der Waals surface area contributed by atoms with Crippen LogP contribution in [-0.2, 0) is 9.53 Å². The SMILES string of the molecule is CCOC(=O)CCCNC(=O)c1cccc(C)c1Cl. The molecule has 19 heavy (non-hydrogen) atoms. The highest BCUT2D eigenvalue weighted by Gasteiger charge is 2.11. The molecule has 0 spiro atoms. The minimum Gasteiger partial charge on any atom is -0.466 e. The standard InChI is InChI=1S/C14H18ClNO3/c1-3-19-12(17)8-5-9-16-14(18)11-7-4-6-10(2)13(11)15/h4,6-7H,3,5,8-9H2,1-2H3,(H,16,18). The third-order valence-corrected chi connectivity index (χ3v) is 3.09. The zero-order chi connectivity index (χ0) is 14.3. The van der Waals surface area contributed by atoms with E-state index in [1.54, 1.807) is 19.1 Å². The van der Waals surface area contributed by atoms with E-state index < -0.39 is 0 Å². The fourth-order valence-corrected chi connectivity index (χ4v) is 1.80. The molecule has 1 rings (SSSR count). The summed E-state index contributed by atoms with van der Waals surface area (Å²) in [4.78, 5) is 23.0. The average Bonchev–Trinajstić information content (AvgIpc) is 2.38. The van der Waals surface area contributed by atoms with Crippen LogP contribution in [0.5, 0.6) is 0 Å². The topological polar surface area (TPSA) is 55.4 Å². The highest BCUT2D eigenvalue weighted by Crippen LogP contribution is 2.19. The number of aryl methyl sites for hydroxylation is 1. The molecule has 5 heteroatoms. The maximum Gasteiger partial charge on any atom is 0.305 e. The largest absolute Gasteiger partial charge is 0.466 e. The Morgan fingerprint density at radius 1 is 1.37 bits per heavy atom. The van der Waals surface area contributed by atoms with Gasteiger partial charge in [-0.05, 0) is 31.9 Å². The van der Waals surface area contributed by atoms with E-state index >= 15 is 0 Å². The Labute approximate surface area is 118 Å². The monoisotopic (exact) mass is 283 g/mol. The Morgan fingerprint density at radius 3 is 2.79 bits per heavy atom. The van der Waals surface area contributed by atoms with E-state index in [0.29, 0.717) is 36.6 Å². The number of amides is 1. The number of esters is 1. The summed E-state index contributed by atoms with van der Waals surface area (Å²) in [7, 11) is 0. The fraction of sp³-hybridized carbons (Fsp3) is 0.429. The van der Waals surface area contributed by atoms with Crippen LogP contribution in [0.4, 0.5) is 0 Å². The van der Waals surface area contributed by atoms with E-state index in [1.807, 2.05) is 13.0 Å². The fourth-order valence-electron chi connectivity index (χ4n) is 1.59. The smallest absolute Gasteiger partial charge is 0.305 e. The van der Waals surface area contributed by atoms with Crippen molar-refractivity contribution in [2.75, 3.05) is 13.2 Å². The Hall–Kier alpha value is -1.55. The molecule has 0 atom stereocenters. The van der Waals surface area contributed by atoms with Crippen molar-refractivity contribution in [1.82, 2.24) is 5.32 Å². The van der Waals surface area contributed by atoms with Gasteiger partial charge in [0, 0.05) is 13.0 Å². The molecule has 0 unspecified atom stereocenters. The number of hydrogen-bond donors (Lipinski definition) is 1. The van der Waals surface area contributed by atoms with Gasteiger partial charge in [-0.1, -0.05) is 23.7 Å². The second kappa shape index (κ2) is 7.79. The Balaban J connectivity index is 2.40. The van der Waals surface area contributed by atoms with E-state index in [4.69, 9.17) is 16.3 Å². The normalized spacial score (nSPS) is 10.1. The molecule has 1 N–H and O–H groups in total. The molecular weight excluding hydrogens is 266 g/mol. The minimum atomic E-state index is -0.245. The van der Waals surface area contributed by atoms with E-state index in [9.17, 15) is 9.59 Å². The van der Waals surface area contributed by atoms with Crippen molar-refractivity contribution >= 4 is 23.5 Å². The number of carbonyl (C=O) groups is 2. The van der Waals surface area contributed by atoms with Gasteiger partial charge in [0.25, 0.3) is 5.91 Å². The highest BCUT2D eigenvalue weighted by molar-refractivity contribution is 6.34. The van der Waals surface area contributed by atoms with Gasteiger partial charge in [0.2, 0.25) is 0 Å². The van der Waals surface area contributed by atoms with Gasteiger partial charge in [-0.25, -0.2) is 0 Å². The molecule has 1 aromatic rings. The predicted octanol–water partition coefficient (Wildman–Crippen LogP) is 2.72. The maximum absolute atomic E-state index is 11.9. The molecule has 1 amide bonds. The summed E-state index contributed by atoms with van der Waals surface area (Å²) in [5.74, 6) is -0.470. The molecule has 0 aromatic heterocycles. The van der Waals surface area contributed by atoms with Crippen molar-refractivity contribution in [2.45, 2.75) is 26.7 Å². The van der Waals surface area contributed by atoms with Gasteiger partial charge >= 0.3 is 5.97 Å². The summed E-state index contributed by atoms with van der Waals surface area (Å²) >= 11 is 6.06. The van der Waals surface area contributed by atoms with Crippen LogP contribution in [0.25, 0.3) is 0 Å². The number of benzene rings is 1. The molecule has 104 valence electrons. The van der Waals surface area contributed by atoms with Gasteiger partial charge in [-0.3, -0.25) is 9.59 Å². The first-order valence-corrected chi connectivity index (χ1v) is 6.63. The van der Waals surface area contributed by atoms with Crippen LogP contribution in [-0.4, -0.2) is 25.0 Å². The van der Waals surface area contributed by atoms with Gasteiger partial charge in [0.15, 0.2) is 0 Å². The molecule has 0 radical (unpaired) electrons. The van der Waals surface area contributed by atoms with Gasteiger partial charge in [0.1, 0.15) is 0 Å². The summed E-state index contributed by atoms with van der Waals surface area (Å²) in [6.45, 7) is 4.41. The van der Waals surface area contributed by atoms with Crippen LogP contribution in [0.1, 0.15) is 35.7 Å². The van der Waals surface area contributed by atoms with E-state index in [2.05, 4.69) is 5.32 Å². The Kier molecular flexibility index (Phi) is 6.36. The van der Waals surface area contributed by atoms with Crippen LogP contribution in [0, 0.1) is 6.92 Å². The summed E-state index contributed by atoms with van der Waals surface area (Å²) in [5.41, 5.74) is 1.32. The van der Waals surface area contributed by atoms with Crippen LogP contribution >= 0.6 is 11.6 Å². The molecule has 1 aromatic carbocycles. The first kappa shape index (κ1) is 15.5. The van der Waals surface area contributed by atoms with Gasteiger partial charge in [0.05, 0.1) is 17.2 Å². The van der Waals surface area contributed by atoms with Crippen LogP contribution in [0.15, 0.2) is 18.2 Å². The number of carbonyl (C=O) groups excluding carboxylic acids is 2. The molecule has 0 fully saturated rings. The summed E-state index contributed by atoms with van der Waals surface area (Å²) < 4.78 is 4.80. The molecule has 0 heterocycles. The second-order valence-electron chi connectivity index (χ2n) is 4.10. The lowest BCUT2D eigenvalue weighted by Crippen LogP contribution is -2.25. The predicted molar refractivity (Wildman–Crippen MR) is 74.4 cm³/mol. The first-order valence-electron chi connectivity index (χ1n) is 6.25. The van der Waals surface area contributed by atoms with E-state index in [0.717, 1.165) is 5.56 Å². The minimum absolute atomic E-state index is 0.224. The summed E-state index contributed by atoms with van der Waals surface area (Å²) in [5, 5.41) is 3.20. The highest BCUT2D eigenvalue weighted by atomic mass is 35.5. The molecular formula is C14H18ClNO3. The molecule has 0 aliphatic rings. The lowest BCUT2D eigenvalue weighted by molar-refractivity contribution is -0.143. The molecule has 0 saturated carbocycles. The van der Waals surface area contributed by atoms with Crippen LogP contribution in [0.2, 0.25) is 5.02 Å². The van der Waals surface area contributed by atoms with Crippen LogP contribution < -0.4 is 5.32 Å². The average molecular weight is 284 g/mol. The Morgan fingerprint density at radius 2 is 2.11 bits per heavy atom. The van der Waals surface area contributed by atoms with Crippen molar-refractivity contribution in [3.8, 4) is 0 Å². The van der Waals surface area contributed by atoms with Crippen LogP contribution in [0.3, 0.4) is 0 Å². The number of halogens is 1. The molecule has 0 saturated heterocycles. The third kappa shape index (κ3) is 4.91. The number of rotatable bonds is 6. The number of nitrogens with one attached hydrogen (secondary N) is 1. The van der Waals surface area contributed by atoms with Gasteiger partial charge in [-0.2, -0.15) is 0 Å². The lowest BCUT2D eigenvalue weighted by atomic mass is 10.1. The summed E-state index contributed by atoms with van der Waals surface area (Å²) in [6, 6.07) is 5.31. The number of ether oxygens (including phenoxy) is 1. The lowest BCUT2D eigenvalue weighted by Gasteiger charge is -2.08. The van der Waals surface area contributed by atoms with Crippen molar-refractivity contribution in [1.29, 1.82) is 0 Å². The molecule has 0 bridgehead atoms. The third-order valence-electron chi connectivity index (χ3n) is 2.58. The maximum atomic E-state index is 11.9. The zero-order valence-corrected chi connectivity index (χ0v) is 11.9. The van der Waals surface area contributed by atoms with E-state index in [1.165, 1.54) is 0 Å². The van der Waals surface area contributed by atoms with Gasteiger partial charge < -0.3 is 10.1 Å². The number of hydrogen-bond acceptors (Lipinski definition) is 3. The zero-order valence-electron chi connectivity index (χ0n) is 11.2. The van der Waals surface area contributed by atoms with Crippen molar-refractivity contribution < 1.29 is 14.3 Å². The molecule has 0 aliphatic carbocycles. The molecule has 0 aliphatic heterocycles.